The van der Waals surface area contributed by atoms with Crippen LogP contribution in [0.25, 0.3) is 10.1 Å². The zero-order chi connectivity index (χ0) is 19.2. The van der Waals surface area contributed by atoms with E-state index < -0.39 is 0 Å². The largest absolute Gasteiger partial charge is 0.347 e. The van der Waals surface area contributed by atoms with Crippen LogP contribution in [0.5, 0.6) is 0 Å². The third kappa shape index (κ3) is 5.05. The number of nitrogens with one attached hydrogen (secondary N) is 2. The van der Waals surface area contributed by atoms with Gasteiger partial charge < -0.3 is 15.2 Å². The number of thiophene rings is 1. The maximum atomic E-state index is 12.4. The van der Waals surface area contributed by atoms with Gasteiger partial charge in [-0.15, -0.1) is 11.3 Å². The standard InChI is InChI=1S/C21H25N3O2S/c1-3-4-11-24(2)14-16-9-10-18(21(26)23-16)20(25)22-13-17-12-15-7-5-6-8-19(15)27-17/h5-10,12H,3-4,11,13-14H2,1-2H3,(H,22,25)(H,23,26). The fraction of sp³-hybridized carbons (Fsp3) is 0.333. The molecule has 27 heavy (non-hydrogen) atoms. The lowest BCUT2D eigenvalue weighted by molar-refractivity contribution is 0.0949. The van der Waals surface area contributed by atoms with Crippen molar-refractivity contribution in [3.8, 4) is 0 Å². The molecule has 0 aliphatic rings. The van der Waals surface area contributed by atoms with Crippen molar-refractivity contribution in [1.29, 1.82) is 0 Å². The smallest absolute Gasteiger partial charge is 0.261 e. The van der Waals surface area contributed by atoms with Gasteiger partial charge in [0.15, 0.2) is 0 Å². The molecule has 1 aromatic carbocycles. The van der Waals surface area contributed by atoms with Crippen molar-refractivity contribution >= 4 is 27.3 Å². The summed E-state index contributed by atoms with van der Waals surface area (Å²) in [6.07, 6.45) is 2.26. The average molecular weight is 384 g/mol. The molecule has 0 aliphatic carbocycles. The van der Waals surface area contributed by atoms with Gasteiger partial charge in [-0.05, 0) is 49.7 Å². The number of unbranched alkanes of at least 4 members (excludes halogenated alkanes) is 1. The first kappa shape index (κ1) is 19.3. The number of H-pyrrole nitrogens is 1. The van der Waals surface area contributed by atoms with Crippen LogP contribution in [0.2, 0.25) is 0 Å². The van der Waals surface area contributed by atoms with Gasteiger partial charge in [-0.1, -0.05) is 31.5 Å². The van der Waals surface area contributed by atoms with Crippen LogP contribution in [0, 0.1) is 0 Å². The molecule has 142 valence electrons. The van der Waals surface area contributed by atoms with E-state index in [-0.39, 0.29) is 17.0 Å². The fourth-order valence-corrected chi connectivity index (χ4v) is 3.97. The Kier molecular flexibility index (Phi) is 6.42. The maximum Gasteiger partial charge on any atom is 0.261 e. The lowest BCUT2D eigenvalue weighted by Crippen LogP contribution is -2.30. The highest BCUT2D eigenvalue weighted by Crippen LogP contribution is 2.25. The van der Waals surface area contributed by atoms with Crippen LogP contribution in [0.3, 0.4) is 0 Å². The van der Waals surface area contributed by atoms with Crippen LogP contribution in [-0.4, -0.2) is 29.4 Å². The summed E-state index contributed by atoms with van der Waals surface area (Å²) in [4.78, 5) is 30.7. The molecule has 0 atom stereocenters. The summed E-state index contributed by atoms with van der Waals surface area (Å²) in [5.74, 6) is -0.348. The quantitative estimate of drug-likeness (QED) is 0.623. The van der Waals surface area contributed by atoms with Crippen LogP contribution in [0.4, 0.5) is 0 Å². The predicted octanol–water partition coefficient (Wildman–Crippen LogP) is 3.75. The molecule has 2 aromatic heterocycles. The maximum absolute atomic E-state index is 12.4. The third-order valence-corrected chi connectivity index (χ3v) is 5.56. The van der Waals surface area contributed by atoms with E-state index in [1.807, 2.05) is 25.2 Å². The van der Waals surface area contributed by atoms with E-state index in [4.69, 9.17) is 0 Å². The predicted molar refractivity (Wildman–Crippen MR) is 111 cm³/mol. The summed E-state index contributed by atoms with van der Waals surface area (Å²) in [6, 6.07) is 13.6. The van der Waals surface area contributed by atoms with Gasteiger partial charge in [0.2, 0.25) is 0 Å². The highest BCUT2D eigenvalue weighted by atomic mass is 32.1. The van der Waals surface area contributed by atoms with Crippen LogP contribution < -0.4 is 10.9 Å². The summed E-state index contributed by atoms with van der Waals surface area (Å²) in [5.41, 5.74) is 0.626. The summed E-state index contributed by atoms with van der Waals surface area (Å²) in [5, 5.41) is 4.01. The number of aromatic nitrogens is 1. The molecule has 3 rings (SSSR count). The zero-order valence-corrected chi connectivity index (χ0v) is 16.6. The molecular weight excluding hydrogens is 358 g/mol. The van der Waals surface area contributed by atoms with E-state index in [1.54, 1.807) is 17.4 Å². The monoisotopic (exact) mass is 383 g/mol. The highest BCUT2D eigenvalue weighted by molar-refractivity contribution is 7.19. The Labute approximate surface area is 163 Å². The number of pyridine rings is 1. The van der Waals surface area contributed by atoms with E-state index in [0.29, 0.717) is 13.1 Å². The Bertz CT molecular complexity index is 944. The van der Waals surface area contributed by atoms with Crippen molar-refractivity contribution in [3.05, 3.63) is 69.0 Å². The lowest BCUT2D eigenvalue weighted by atomic mass is 10.2. The van der Waals surface area contributed by atoms with E-state index in [0.717, 1.165) is 30.0 Å². The number of hydrogen-bond donors (Lipinski definition) is 2. The van der Waals surface area contributed by atoms with Crippen LogP contribution in [0.1, 0.15) is 40.7 Å². The van der Waals surface area contributed by atoms with Crippen LogP contribution in [-0.2, 0) is 13.1 Å². The second-order valence-electron chi connectivity index (χ2n) is 6.75. The van der Waals surface area contributed by atoms with Gasteiger partial charge in [-0.3, -0.25) is 9.59 Å². The minimum atomic E-state index is -0.348. The number of amides is 1. The molecule has 2 N–H and O–H groups in total. The molecule has 0 aliphatic heterocycles. The molecule has 0 radical (unpaired) electrons. The first-order valence-electron chi connectivity index (χ1n) is 9.23. The molecule has 0 saturated heterocycles. The third-order valence-electron chi connectivity index (χ3n) is 4.45. The number of nitrogens with zero attached hydrogens (tertiary/aromatic N) is 1. The van der Waals surface area contributed by atoms with Crippen molar-refractivity contribution in [2.24, 2.45) is 0 Å². The summed E-state index contributed by atoms with van der Waals surface area (Å²) >= 11 is 1.65. The van der Waals surface area contributed by atoms with E-state index in [1.165, 1.54) is 10.1 Å². The van der Waals surface area contributed by atoms with Crippen molar-refractivity contribution in [2.75, 3.05) is 13.6 Å². The Morgan fingerprint density at radius 2 is 2.04 bits per heavy atom. The van der Waals surface area contributed by atoms with Crippen LogP contribution in [0.15, 0.2) is 47.3 Å². The van der Waals surface area contributed by atoms with Gasteiger partial charge in [-0.2, -0.15) is 0 Å². The Balaban J connectivity index is 1.61. The number of fused-ring (bicyclic) bond motifs is 1. The first-order valence-corrected chi connectivity index (χ1v) is 10.0. The molecule has 6 heteroatoms. The summed E-state index contributed by atoms with van der Waals surface area (Å²) in [7, 11) is 2.03. The van der Waals surface area contributed by atoms with E-state index in [9.17, 15) is 9.59 Å². The molecule has 0 bridgehead atoms. The van der Waals surface area contributed by atoms with Gasteiger partial charge in [-0.25, -0.2) is 0 Å². The molecule has 0 saturated carbocycles. The zero-order valence-electron chi connectivity index (χ0n) is 15.7. The summed E-state index contributed by atoms with van der Waals surface area (Å²) < 4.78 is 1.19. The molecular formula is C21H25N3O2S. The molecule has 5 nitrogen and oxygen atoms in total. The normalized spacial score (nSPS) is 11.2. The number of aromatic amines is 1. The first-order chi connectivity index (χ1) is 13.1. The molecule has 0 spiro atoms. The van der Waals surface area contributed by atoms with Crippen molar-refractivity contribution in [1.82, 2.24) is 15.2 Å². The Morgan fingerprint density at radius 3 is 2.78 bits per heavy atom. The summed E-state index contributed by atoms with van der Waals surface area (Å²) in [6.45, 7) is 4.22. The molecule has 3 aromatic rings. The van der Waals surface area contributed by atoms with Crippen molar-refractivity contribution in [3.63, 3.8) is 0 Å². The van der Waals surface area contributed by atoms with Crippen LogP contribution >= 0.6 is 11.3 Å². The molecule has 1 amide bonds. The minimum Gasteiger partial charge on any atom is -0.347 e. The number of hydrogen-bond acceptors (Lipinski definition) is 4. The number of carbonyl (C=O) groups is 1. The van der Waals surface area contributed by atoms with Gasteiger partial charge in [0.25, 0.3) is 11.5 Å². The number of carbonyl (C=O) groups excluding carboxylic acids is 1. The van der Waals surface area contributed by atoms with Crippen molar-refractivity contribution < 1.29 is 4.79 Å². The van der Waals surface area contributed by atoms with E-state index in [2.05, 4.69) is 40.3 Å². The topological polar surface area (TPSA) is 65.2 Å². The van der Waals surface area contributed by atoms with Gasteiger partial charge in [0.1, 0.15) is 5.56 Å². The van der Waals surface area contributed by atoms with Gasteiger partial charge in [0, 0.05) is 21.8 Å². The number of benzene rings is 1. The highest BCUT2D eigenvalue weighted by Gasteiger charge is 2.12. The average Bonchev–Trinajstić information content (AvgIpc) is 3.07. The minimum absolute atomic E-state index is 0.149. The lowest BCUT2D eigenvalue weighted by Gasteiger charge is -2.16. The fourth-order valence-electron chi connectivity index (χ4n) is 2.97. The van der Waals surface area contributed by atoms with Gasteiger partial charge in [0.05, 0.1) is 6.54 Å². The Hall–Kier alpha value is -2.44. The van der Waals surface area contributed by atoms with Gasteiger partial charge >= 0.3 is 0 Å². The Morgan fingerprint density at radius 1 is 1.22 bits per heavy atom. The number of rotatable bonds is 8. The second-order valence-corrected chi connectivity index (χ2v) is 7.92. The molecule has 0 fully saturated rings. The molecule has 2 heterocycles. The van der Waals surface area contributed by atoms with E-state index >= 15 is 0 Å². The van der Waals surface area contributed by atoms with Crippen molar-refractivity contribution in [2.45, 2.75) is 32.9 Å². The molecule has 0 unspecified atom stereocenters. The second kappa shape index (κ2) is 8.97. The SMILES string of the molecule is CCCCN(C)Cc1ccc(C(=O)NCc2cc3ccccc3s2)c(=O)[nH]1.